The molecule has 1 heterocycles. The highest BCUT2D eigenvalue weighted by molar-refractivity contribution is 5.89. The number of esters is 1. The molecule has 0 unspecified atom stereocenters. The molecular weight excluding hydrogens is 196 g/mol. The van der Waals surface area contributed by atoms with Crippen LogP contribution < -0.4 is 0 Å². The zero-order valence-electron chi connectivity index (χ0n) is 9.36. The molecule has 0 saturated heterocycles. The normalized spacial score (nSPS) is 26.1. The molecule has 3 atom stereocenters. The second kappa shape index (κ2) is 4.66. The van der Waals surface area contributed by atoms with Crippen molar-refractivity contribution >= 4 is 5.97 Å². The summed E-state index contributed by atoms with van der Waals surface area (Å²) in [5.74, 6) is -0.570. The quantitative estimate of drug-likeness (QED) is 0.699. The van der Waals surface area contributed by atoms with Gasteiger partial charge in [-0.2, -0.15) is 0 Å². The van der Waals surface area contributed by atoms with Gasteiger partial charge in [0.1, 0.15) is 11.9 Å². The summed E-state index contributed by atoms with van der Waals surface area (Å²) in [5.41, 5.74) is 0.268. The van der Waals surface area contributed by atoms with Crippen LogP contribution in [0.25, 0.3) is 0 Å². The lowest BCUT2D eigenvalue weighted by molar-refractivity contribution is -0.151. The van der Waals surface area contributed by atoms with E-state index >= 15 is 0 Å². The zero-order valence-corrected chi connectivity index (χ0v) is 9.36. The van der Waals surface area contributed by atoms with Crippen molar-refractivity contribution in [2.75, 3.05) is 0 Å². The van der Waals surface area contributed by atoms with Crippen molar-refractivity contribution in [2.45, 2.75) is 45.8 Å². The van der Waals surface area contributed by atoms with E-state index in [0.29, 0.717) is 12.8 Å². The Morgan fingerprint density at radius 3 is 2.67 bits per heavy atom. The Hall–Kier alpha value is -1.03. The molecule has 0 aromatic rings. The van der Waals surface area contributed by atoms with Crippen LogP contribution in [0.5, 0.6) is 0 Å². The lowest BCUT2D eigenvalue weighted by atomic mass is 9.91. The standard InChI is InChI=1S/C11H18O4/c1-4-8(12)6(2)10-5-9(13)7(3)11(14)15-10/h6,8,10,12-13H,4-5H2,1-3H3/t6-,8+,10-/m0/s1. The van der Waals surface area contributed by atoms with E-state index in [1.807, 2.05) is 13.8 Å². The molecule has 0 amide bonds. The van der Waals surface area contributed by atoms with Gasteiger partial charge < -0.3 is 14.9 Å². The fourth-order valence-corrected chi connectivity index (χ4v) is 1.64. The van der Waals surface area contributed by atoms with Crippen molar-refractivity contribution in [3.8, 4) is 0 Å². The number of hydrogen-bond donors (Lipinski definition) is 2. The van der Waals surface area contributed by atoms with Crippen LogP contribution in [0.4, 0.5) is 0 Å². The minimum absolute atomic E-state index is 0.0754. The van der Waals surface area contributed by atoms with Gasteiger partial charge in [-0.3, -0.25) is 0 Å². The van der Waals surface area contributed by atoms with Gasteiger partial charge in [-0.25, -0.2) is 4.79 Å². The predicted molar refractivity (Wildman–Crippen MR) is 55.3 cm³/mol. The smallest absolute Gasteiger partial charge is 0.337 e. The summed E-state index contributed by atoms with van der Waals surface area (Å²) in [5, 5.41) is 19.1. The second-order valence-electron chi connectivity index (χ2n) is 4.05. The average molecular weight is 214 g/mol. The van der Waals surface area contributed by atoms with Crippen molar-refractivity contribution in [1.29, 1.82) is 0 Å². The molecule has 4 heteroatoms. The molecule has 1 aliphatic heterocycles. The van der Waals surface area contributed by atoms with Crippen molar-refractivity contribution in [3.05, 3.63) is 11.3 Å². The van der Waals surface area contributed by atoms with E-state index in [2.05, 4.69) is 0 Å². The zero-order chi connectivity index (χ0) is 11.6. The van der Waals surface area contributed by atoms with Crippen LogP contribution in [0.15, 0.2) is 11.3 Å². The Morgan fingerprint density at radius 1 is 1.60 bits per heavy atom. The average Bonchev–Trinajstić information content (AvgIpc) is 2.23. The predicted octanol–water partition coefficient (Wildman–Crippen LogP) is 1.54. The summed E-state index contributed by atoms with van der Waals surface area (Å²) < 4.78 is 5.14. The minimum Gasteiger partial charge on any atom is -0.512 e. The van der Waals surface area contributed by atoms with Gasteiger partial charge in [0.15, 0.2) is 0 Å². The Bertz CT molecular complexity index is 282. The highest BCUT2D eigenvalue weighted by Crippen LogP contribution is 2.26. The molecular formula is C11H18O4. The number of cyclic esters (lactones) is 1. The molecule has 0 aromatic carbocycles. The van der Waals surface area contributed by atoms with Crippen molar-refractivity contribution < 1.29 is 19.7 Å². The van der Waals surface area contributed by atoms with Gasteiger partial charge in [0.05, 0.1) is 11.7 Å². The van der Waals surface area contributed by atoms with E-state index in [9.17, 15) is 15.0 Å². The number of aliphatic hydroxyl groups is 2. The summed E-state index contributed by atoms with van der Waals surface area (Å²) >= 11 is 0. The molecule has 1 rings (SSSR count). The van der Waals surface area contributed by atoms with E-state index in [1.165, 1.54) is 6.92 Å². The number of aliphatic hydroxyl groups excluding tert-OH is 2. The first-order chi connectivity index (χ1) is 6.97. The fraction of sp³-hybridized carbons (Fsp3) is 0.727. The van der Waals surface area contributed by atoms with Crippen LogP contribution >= 0.6 is 0 Å². The lowest BCUT2D eigenvalue weighted by Crippen LogP contribution is -2.36. The third-order valence-electron chi connectivity index (χ3n) is 3.00. The van der Waals surface area contributed by atoms with Crippen LogP contribution in [0.2, 0.25) is 0 Å². The van der Waals surface area contributed by atoms with Gasteiger partial charge in [0.25, 0.3) is 0 Å². The fourth-order valence-electron chi connectivity index (χ4n) is 1.64. The van der Waals surface area contributed by atoms with Crippen LogP contribution in [0, 0.1) is 5.92 Å². The molecule has 0 bridgehead atoms. The Labute approximate surface area is 89.6 Å². The van der Waals surface area contributed by atoms with Gasteiger partial charge in [0, 0.05) is 12.3 Å². The van der Waals surface area contributed by atoms with E-state index in [1.54, 1.807) is 0 Å². The molecule has 0 spiro atoms. The number of ether oxygens (including phenoxy) is 1. The maximum atomic E-state index is 11.3. The number of carbonyl (C=O) groups excluding carboxylic acids is 1. The van der Waals surface area contributed by atoms with Gasteiger partial charge in [-0.1, -0.05) is 13.8 Å². The minimum atomic E-state index is -0.506. The molecule has 1 aliphatic rings. The monoisotopic (exact) mass is 214 g/mol. The first-order valence-electron chi connectivity index (χ1n) is 5.25. The van der Waals surface area contributed by atoms with Gasteiger partial charge >= 0.3 is 5.97 Å². The van der Waals surface area contributed by atoms with Crippen LogP contribution in [-0.4, -0.2) is 28.4 Å². The van der Waals surface area contributed by atoms with Gasteiger partial charge in [-0.05, 0) is 13.3 Å². The van der Waals surface area contributed by atoms with Crippen LogP contribution in [0.1, 0.15) is 33.6 Å². The number of carbonyl (C=O) groups is 1. The molecule has 0 radical (unpaired) electrons. The first kappa shape index (κ1) is 12.0. The first-order valence-corrected chi connectivity index (χ1v) is 5.25. The maximum absolute atomic E-state index is 11.3. The van der Waals surface area contributed by atoms with E-state index in [-0.39, 0.29) is 17.3 Å². The van der Waals surface area contributed by atoms with Crippen LogP contribution in [0.3, 0.4) is 0 Å². The Morgan fingerprint density at radius 2 is 2.20 bits per heavy atom. The van der Waals surface area contributed by atoms with E-state index in [0.717, 1.165) is 0 Å². The molecule has 15 heavy (non-hydrogen) atoms. The Balaban J connectivity index is 2.73. The molecule has 0 aliphatic carbocycles. The van der Waals surface area contributed by atoms with E-state index < -0.39 is 18.2 Å². The van der Waals surface area contributed by atoms with E-state index in [4.69, 9.17) is 4.74 Å². The highest BCUT2D eigenvalue weighted by atomic mass is 16.5. The summed E-state index contributed by atoms with van der Waals surface area (Å²) in [6, 6.07) is 0. The highest BCUT2D eigenvalue weighted by Gasteiger charge is 2.32. The molecule has 0 saturated carbocycles. The van der Waals surface area contributed by atoms with Gasteiger partial charge in [0.2, 0.25) is 0 Å². The molecule has 0 fully saturated rings. The Kier molecular flexibility index (Phi) is 3.74. The molecule has 0 aromatic heterocycles. The third kappa shape index (κ3) is 2.50. The molecule has 2 N–H and O–H groups in total. The largest absolute Gasteiger partial charge is 0.512 e. The molecule has 86 valence electrons. The summed E-state index contributed by atoms with van der Waals surface area (Å²) in [6.07, 6.45) is -0.0146. The second-order valence-corrected chi connectivity index (χ2v) is 4.05. The number of rotatable bonds is 3. The maximum Gasteiger partial charge on any atom is 0.337 e. The topological polar surface area (TPSA) is 66.8 Å². The number of hydrogen-bond acceptors (Lipinski definition) is 4. The lowest BCUT2D eigenvalue weighted by Gasteiger charge is -2.30. The van der Waals surface area contributed by atoms with Crippen molar-refractivity contribution in [3.63, 3.8) is 0 Å². The summed E-state index contributed by atoms with van der Waals surface area (Å²) in [6.45, 7) is 5.22. The van der Waals surface area contributed by atoms with Crippen LogP contribution in [-0.2, 0) is 9.53 Å². The van der Waals surface area contributed by atoms with Gasteiger partial charge in [-0.15, -0.1) is 0 Å². The summed E-state index contributed by atoms with van der Waals surface area (Å²) in [4.78, 5) is 11.3. The summed E-state index contributed by atoms with van der Waals surface area (Å²) in [7, 11) is 0. The van der Waals surface area contributed by atoms with Crippen molar-refractivity contribution in [2.24, 2.45) is 5.92 Å². The SMILES string of the molecule is CC[C@@H](O)[C@H](C)[C@@H]1CC(O)=C(C)C(=O)O1. The molecule has 4 nitrogen and oxygen atoms in total. The van der Waals surface area contributed by atoms with Crippen molar-refractivity contribution in [1.82, 2.24) is 0 Å². The third-order valence-corrected chi connectivity index (χ3v) is 3.00.